The van der Waals surface area contributed by atoms with Gasteiger partial charge in [0.1, 0.15) is 0 Å². The van der Waals surface area contributed by atoms with Gasteiger partial charge in [-0.25, -0.2) is 0 Å². The van der Waals surface area contributed by atoms with Crippen LogP contribution in [0.15, 0.2) is 12.2 Å². The quantitative estimate of drug-likeness (QED) is 0.361. The van der Waals surface area contributed by atoms with Gasteiger partial charge in [-0.2, -0.15) is 0 Å². The summed E-state index contributed by atoms with van der Waals surface area (Å²) >= 11 is 3.38. The summed E-state index contributed by atoms with van der Waals surface area (Å²) in [4.78, 5) is 0. The number of hydrogen-bond acceptors (Lipinski definition) is 2. The number of alkyl halides is 1. The van der Waals surface area contributed by atoms with E-state index in [1.54, 1.807) is 0 Å². The Morgan fingerprint density at radius 2 is 1.64 bits per heavy atom. The fraction of sp³-hybridized carbons (Fsp3) is 0.818. The first-order valence-corrected chi connectivity index (χ1v) is 6.41. The van der Waals surface area contributed by atoms with Crippen molar-refractivity contribution in [1.29, 1.82) is 0 Å². The third-order valence-electron chi connectivity index (χ3n) is 1.72. The Kier molecular flexibility index (Phi) is 11.3. The molecule has 84 valence electrons. The van der Waals surface area contributed by atoms with Gasteiger partial charge in [-0.3, -0.25) is 0 Å². The summed E-state index contributed by atoms with van der Waals surface area (Å²) in [5, 5.41) is 1.03. The van der Waals surface area contributed by atoms with E-state index in [0.717, 1.165) is 37.8 Å². The minimum Gasteiger partial charge on any atom is -0.353 e. The molecule has 0 rings (SSSR count). The van der Waals surface area contributed by atoms with Crippen molar-refractivity contribution in [3.8, 4) is 0 Å². The topological polar surface area (TPSA) is 18.5 Å². The predicted molar refractivity (Wildman–Crippen MR) is 63.8 cm³/mol. The first-order chi connectivity index (χ1) is 6.85. The average Bonchev–Trinajstić information content (AvgIpc) is 2.18. The van der Waals surface area contributed by atoms with Crippen molar-refractivity contribution < 1.29 is 9.47 Å². The Hall–Kier alpha value is 0.140. The molecule has 0 saturated carbocycles. The van der Waals surface area contributed by atoms with Crippen LogP contribution in [0, 0.1) is 0 Å². The lowest BCUT2D eigenvalue weighted by Gasteiger charge is -2.15. The maximum atomic E-state index is 5.42. The van der Waals surface area contributed by atoms with Gasteiger partial charge in [0.05, 0.1) is 0 Å². The van der Waals surface area contributed by atoms with Gasteiger partial charge in [0.2, 0.25) is 0 Å². The van der Waals surface area contributed by atoms with E-state index in [2.05, 4.69) is 28.1 Å². The zero-order valence-electron chi connectivity index (χ0n) is 9.17. The normalized spacial score (nSPS) is 11.7. The molecule has 14 heavy (non-hydrogen) atoms. The average molecular weight is 265 g/mol. The Labute approximate surface area is 95.8 Å². The van der Waals surface area contributed by atoms with E-state index in [-0.39, 0.29) is 6.29 Å². The summed E-state index contributed by atoms with van der Waals surface area (Å²) in [6, 6.07) is 0. The molecule has 0 heterocycles. The molecule has 0 saturated heterocycles. The smallest absolute Gasteiger partial charge is 0.157 e. The second kappa shape index (κ2) is 11.2. The predicted octanol–water partition coefficient (Wildman–Crippen LogP) is 3.51. The van der Waals surface area contributed by atoms with E-state index in [1.807, 2.05) is 13.8 Å². The summed E-state index contributed by atoms with van der Waals surface area (Å²) in [6.45, 7) is 5.42. The molecule has 0 aromatic rings. The Morgan fingerprint density at radius 1 is 1.07 bits per heavy atom. The van der Waals surface area contributed by atoms with Crippen molar-refractivity contribution in [1.82, 2.24) is 0 Å². The van der Waals surface area contributed by atoms with Crippen molar-refractivity contribution in [3.63, 3.8) is 0 Å². The van der Waals surface area contributed by atoms with E-state index < -0.39 is 0 Å². The summed E-state index contributed by atoms with van der Waals surface area (Å²) < 4.78 is 10.8. The number of ether oxygens (including phenoxy) is 2. The third kappa shape index (κ3) is 8.73. The van der Waals surface area contributed by atoms with Crippen molar-refractivity contribution in [2.45, 2.75) is 39.4 Å². The van der Waals surface area contributed by atoms with Crippen LogP contribution >= 0.6 is 15.9 Å². The molecular weight excluding hydrogens is 244 g/mol. The van der Waals surface area contributed by atoms with Gasteiger partial charge in [-0.1, -0.05) is 28.1 Å². The molecule has 0 aliphatic carbocycles. The van der Waals surface area contributed by atoms with E-state index in [4.69, 9.17) is 9.47 Å². The molecule has 0 aliphatic heterocycles. The second-order valence-electron chi connectivity index (χ2n) is 2.87. The molecule has 0 atom stereocenters. The summed E-state index contributed by atoms with van der Waals surface area (Å²) in [5.41, 5.74) is 0. The van der Waals surface area contributed by atoms with Gasteiger partial charge in [-0.05, 0) is 26.7 Å². The molecule has 0 spiro atoms. The van der Waals surface area contributed by atoms with Gasteiger partial charge < -0.3 is 9.47 Å². The molecule has 2 nitrogen and oxygen atoms in total. The van der Waals surface area contributed by atoms with Gasteiger partial charge in [0.25, 0.3) is 0 Å². The van der Waals surface area contributed by atoms with Crippen molar-refractivity contribution in [2.75, 3.05) is 18.5 Å². The van der Waals surface area contributed by atoms with Gasteiger partial charge in [0.15, 0.2) is 6.29 Å². The zero-order chi connectivity index (χ0) is 10.6. The maximum absolute atomic E-state index is 5.42. The summed E-state index contributed by atoms with van der Waals surface area (Å²) in [5.74, 6) is 0. The van der Waals surface area contributed by atoms with Crippen LogP contribution in [0.5, 0.6) is 0 Å². The molecule has 0 bridgehead atoms. The van der Waals surface area contributed by atoms with Crippen molar-refractivity contribution in [3.05, 3.63) is 12.2 Å². The van der Waals surface area contributed by atoms with Crippen molar-refractivity contribution >= 4 is 15.9 Å². The molecule has 0 radical (unpaired) electrons. The molecule has 0 N–H and O–H groups in total. The van der Waals surface area contributed by atoms with Crippen LogP contribution in [-0.4, -0.2) is 24.8 Å². The Balaban J connectivity index is 3.48. The third-order valence-corrected chi connectivity index (χ3v) is 2.17. The highest BCUT2D eigenvalue weighted by Gasteiger charge is 2.05. The SMILES string of the molecule is CCOC(CC/C=C\CCBr)OCC. The molecular formula is C11H21BrO2. The highest BCUT2D eigenvalue weighted by molar-refractivity contribution is 9.09. The number of hydrogen-bond donors (Lipinski definition) is 0. The number of allylic oxidation sites excluding steroid dienone is 2. The largest absolute Gasteiger partial charge is 0.353 e. The summed E-state index contributed by atoms with van der Waals surface area (Å²) in [7, 11) is 0. The Bertz CT molecular complexity index is 131. The summed E-state index contributed by atoms with van der Waals surface area (Å²) in [6.07, 6.45) is 7.40. The van der Waals surface area contributed by atoms with Crippen LogP contribution in [0.25, 0.3) is 0 Å². The van der Waals surface area contributed by atoms with Crippen LogP contribution < -0.4 is 0 Å². The fourth-order valence-electron chi connectivity index (χ4n) is 1.12. The second-order valence-corrected chi connectivity index (χ2v) is 3.66. The van der Waals surface area contributed by atoms with Crippen LogP contribution in [0.2, 0.25) is 0 Å². The maximum Gasteiger partial charge on any atom is 0.157 e. The monoisotopic (exact) mass is 264 g/mol. The minimum atomic E-state index is -0.0291. The van der Waals surface area contributed by atoms with Gasteiger partial charge in [-0.15, -0.1) is 0 Å². The molecule has 0 aliphatic rings. The van der Waals surface area contributed by atoms with E-state index >= 15 is 0 Å². The van der Waals surface area contributed by atoms with Gasteiger partial charge >= 0.3 is 0 Å². The highest BCUT2D eigenvalue weighted by atomic mass is 79.9. The first-order valence-electron chi connectivity index (χ1n) is 5.29. The lowest BCUT2D eigenvalue weighted by atomic mass is 10.2. The molecule has 3 heteroatoms. The first kappa shape index (κ1) is 14.1. The molecule has 0 aromatic heterocycles. The molecule has 0 aromatic carbocycles. The van der Waals surface area contributed by atoms with E-state index in [0.29, 0.717) is 0 Å². The lowest BCUT2D eigenvalue weighted by Crippen LogP contribution is -2.16. The van der Waals surface area contributed by atoms with Crippen LogP contribution in [-0.2, 0) is 9.47 Å². The molecule has 0 fully saturated rings. The fourth-order valence-corrected chi connectivity index (χ4v) is 1.38. The number of halogens is 1. The lowest BCUT2D eigenvalue weighted by molar-refractivity contribution is -0.138. The molecule has 0 amide bonds. The Morgan fingerprint density at radius 3 is 2.14 bits per heavy atom. The van der Waals surface area contributed by atoms with Crippen molar-refractivity contribution in [2.24, 2.45) is 0 Å². The van der Waals surface area contributed by atoms with Gasteiger partial charge in [0, 0.05) is 25.0 Å². The standard InChI is InChI=1S/C11H21BrO2/c1-3-13-11(14-4-2)9-7-5-6-8-10-12/h5-6,11H,3-4,7-10H2,1-2H3/b6-5-. The number of rotatable bonds is 9. The minimum absolute atomic E-state index is 0.0291. The van der Waals surface area contributed by atoms with Crippen LogP contribution in [0.4, 0.5) is 0 Å². The van der Waals surface area contributed by atoms with E-state index in [1.165, 1.54) is 0 Å². The molecule has 0 unspecified atom stereocenters. The highest BCUT2D eigenvalue weighted by Crippen LogP contribution is 2.05. The zero-order valence-corrected chi connectivity index (χ0v) is 10.8. The van der Waals surface area contributed by atoms with E-state index in [9.17, 15) is 0 Å². The van der Waals surface area contributed by atoms with Crippen LogP contribution in [0.1, 0.15) is 33.1 Å². The van der Waals surface area contributed by atoms with Crippen LogP contribution in [0.3, 0.4) is 0 Å².